The van der Waals surface area contributed by atoms with Crippen LogP contribution in [0.3, 0.4) is 0 Å². The summed E-state index contributed by atoms with van der Waals surface area (Å²) >= 11 is 0. The summed E-state index contributed by atoms with van der Waals surface area (Å²) in [5, 5.41) is 6.72. The van der Waals surface area contributed by atoms with Crippen molar-refractivity contribution < 1.29 is 4.42 Å². The van der Waals surface area contributed by atoms with Crippen molar-refractivity contribution >= 4 is 5.96 Å². The Morgan fingerprint density at radius 1 is 1.45 bits per heavy atom. The van der Waals surface area contributed by atoms with Gasteiger partial charge in [0.25, 0.3) is 0 Å². The van der Waals surface area contributed by atoms with Crippen LogP contribution in [0.5, 0.6) is 0 Å². The van der Waals surface area contributed by atoms with E-state index in [0.29, 0.717) is 6.54 Å². The van der Waals surface area contributed by atoms with E-state index in [-0.39, 0.29) is 0 Å². The van der Waals surface area contributed by atoms with E-state index in [9.17, 15) is 0 Å². The molecule has 5 nitrogen and oxygen atoms in total. The van der Waals surface area contributed by atoms with Gasteiger partial charge in [0.05, 0.1) is 6.26 Å². The van der Waals surface area contributed by atoms with E-state index in [1.165, 1.54) is 19.5 Å². The molecule has 2 N–H and O–H groups in total. The Bertz CT molecular complexity index is 402. The van der Waals surface area contributed by atoms with Crippen LogP contribution in [-0.2, 0) is 6.54 Å². The summed E-state index contributed by atoms with van der Waals surface area (Å²) in [7, 11) is 0. The van der Waals surface area contributed by atoms with Crippen LogP contribution in [0.15, 0.2) is 27.8 Å². The highest BCUT2D eigenvalue weighted by molar-refractivity contribution is 5.79. The van der Waals surface area contributed by atoms with Crippen molar-refractivity contribution in [3.8, 4) is 0 Å². The predicted octanol–water partition coefficient (Wildman–Crippen LogP) is 1.68. The number of furan rings is 1. The second-order valence-electron chi connectivity index (χ2n) is 5.20. The third-order valence-corrected chi connectivity index (χ3v) is 3.69. The summed E-state index contributed by atoms with van der Waals surface area (Å²) in [6.07, 6.45) is 2.96. The van der Waals surface area contributed by atoms with Gasteiger partial charge in [-0.1, -0.05) is 6.92 Å². The van der Waals surface area contributed by atoms with Gasteiger partial charge >= 0.3 is 0 Å². The number of hydrogen-bond acceptors (Lipinski definition) is 3. The lowest BCUT2D eigenvalue weighted by atomic mass is 10.1. The summed E-state index contributed by atoms with van der Waals surface area (Å²) in [6, 6.07) is 3.84. The first kappa shape index (κ1) is 14.9. The Kier molecular flexibility index (Phi) is 5.92. The average Bonchev–Trinajstić information content (AvgIpc) is 3.13. The van der Waals surface area contributed by atoms with Gasteiger partial charge in [-0.05, 0) is 44.5 Å². The molecule has 1 fully saturated rings. The second-order valence-corrected chi connectivity index (χ2v) is 5.20. The van der Waals surface area contributed by atoms with Gasteiger partial charge in [-0.25, -0.2) is 4.99 Å². The van der Waals surface area contributed by atoms with Crippen molar-refractivity contribution in [2.75, 3.05) is 32.7 Å². The van der Waals surface area contributed by atoms with Gasteiger partial charge in [0, 0.05) is 19.6 Å². The number of nitrogens with one attached hydrogen (secondary N) is 2. The van der Waals surface area contributed by atoms with Crippen LogP contribution in [0.2, 0.25) is 0 Å². The van der Waals surface area contributed by atoms with Crippen LogP contribution in [-0.4, -0.2) is 43.6 Å². The highest BCUT2D eigenvalue weighted by Gasteiger charge is 2.20. The molecule has 1 unspecified atom stereocenters. The molecule has 0 radical (unpaired) electrons. The number of rotatable bonds is 6. The zero-order chi connectivity index (χ0) is 14.2. The number of aliphatic imine (C=N–C) groups is 1. The first-order chi connectivity index (χ1) is 9.81. The van der Waals surface area contributed by atoms with E-state index in [1.54, 1.807) is 6.26 Å². The maximum Gasteiger partial charge on any atom is 0.191 e. The fourth-order valence-corrected chi connectivity index (χ4v) is 2.51. The fourth-order valence-electron chi connectivity index (χ4n) is 2.51. The van der Waals surface area contributed by atoms with Gasteiger partial charge < -0.3 is 20.0 Å². The fraction of sp³-hybridized carbons (Fsp3) is 0.667. The summed E-state index contributed by atoms with van der Waals surface area (Å²) < 4.78 is 5.30. The van der Waals surface area contributed by atoms with Gasteiger partial charge in [-0.2, -0.15) is 0 Å². The summed E-state index contributed by atoms with van der Waals surface area (Å²) in [5.41, 5.74) is 0. The molecule has 0 spiro atoms. The minimum Gasteiger partial charge on any atom is -0.467 e. The van der Waals surface area contributed by atoms with E-state index in [2.05, 4.69) is 34.4 Å². The van der Waals surface area contributed by atoms with E-state index in [4.69, 9.17) is 4.42 Å². The highest BCUT2D eigenvalue weighted by atomic mass is 16.3. The predicted molar refractivity (Wildman–Crippen MR) is 81.7 cm³/mol. The number of likely N-dealkylation sites (tertiary alicyclic amines) is 1. The molecule has 1 aliphatic heterocycles. The maximum absolute atomic E-state index is 5.30. The topological polar surface area (TPSA) is 52.8 Å². The molecule has 5 heteroatoms. The SMILES string of the molecule is CCNC(=NCc1ccco1)NCC1CCN(CC)C1. The molecular formula is C15H26N4O. The molecule has 2 rings (SSSR count). The van der Waals surface area contributed by atoms with Crippen LogP contribution in [0.1, 0.15) is 26.0 Å². The lowest BCUT2D eigenvalue weighted by Gasteiger charge is -2.16. The van der Waals surface area contributed by atoms with Gasteiger partial charge in [-0.15, -0.1) is 0 Å². The molecule has 1 aliphatic rings. The van der Waals surface area contributed by atoms with Crippen LogP contribution in [0, 0.1) is 5.92 Å². The van der Waals surface area contributed by atoms with Crippen molar-refractivity contribution in [2.45, 2.75) is 26.8 Å². The summed E-state index contributed by atoms with van der Waals surface area (Å²) in [6.45, 7) is 10.3. The number of hydrogen-bond donors (Lipinski definition) is 2. The van der Waals surface area contributed by atoms with Gasteiger partial charge in [-0.3, -0.25) is 0 Å². The van der Waals surface area contributed by atoms with Crippen LogP contribution in [0.25, 0.3) is 0 Å². The Balaban J connectivity index is 1.78. The smallest absolute Gasteiger partial charge is 0.191 e. The lowest BCUT2D eigenvalue weighted by Crippen LogP contribution is -2.40. The Morgan fingerprint density at radius 3 is 3.00 bits per heavy atom. The third kappa shape index (κ3) is 4.56. The lowest BCUT2D eigenvalue weighted by molar-refractivity contribution is 0.342. The zero-order valence-corrected chi connectivity index (χ0v) is 12.6. The minimum atomic E-state index is 0.577. The van der Waals surface area contributed by atoms with Gasteiger partial charge in [0.15, 0.2) is 5.96 Å². The minimum absolute atomic E-state index is 0.577. The molecule has 112 valence electrons. The molecule has 0 amide bonds. The Hall–Kier alpha value is -1.49. The Labute approximate surface area is 121 Å². The van der Waals surface area contributed by atoms with Crippen LogP contribution < -0.4 is 10.6 Å². The van der Waals surface area contributed by atoms with E-state index in [1.807, 2.05) is 12.1 Å². The average molecular weight is 278 g/mol. The van der Waals surface area contributed by atoms with Crippen molar-refractivity contribution in [2.24, 2.45) is 10.9 Å². The van der Waals surface area contributed by atoms with Crippen molar-refractivity contribution in [1.82, 2.24) is 15.5 Å². The molecule has 1 atom stereocenters. The zero-order valence-electron chi connectivity index (χ0n) is 12.6. The summed E-state index contributed by atoms with van der Waals surface area (Å²) in [5.74, 6) is 2.49. The largest absolute Gasteiger partial charge is 0.467 e. The molecule has 0 saturated carbocycles. The van der Waals surface area contributed by atoms with E-state index < -0.39 is 0 Å². The normalized spacial score (nSPS) is 20.3. The van der Waals surface area contributed by atoms with Crippen LogP contribution in [0.4, 0.5) is 0 Å². The number of guanidine groups is 1. The van der Waals surface area contributed by atoms with Gasteiger partial charge in [0.2, 0.25) is 0 Å². The molecule has 2 heterocycles. The first-order valence-electron chi connectivity index (χ1n) is 7.58. The molecule has 1 aromatic rings. The van der Waals surface area contributed by atoms with Crippen molar-refractivity contribution in [1.29, 1.82) is 0 Å². The summed E-state index contributed by atoms with van der Waals surface area (Å²) in [4.78, 5) is 7.04. The molecule has 0 aromatic carbocycles. The Morgan fingerprint density at radius 2 is 2.35 bits per heavy atom. The van der Waals surface area contributed by atoms with Gasteiger partial charge in [0.1, 0.15) is 12.3 Å². The molecule has 0 aliphatic carbocycles. The molecule has 20 heavy (non-hydrogen) atoms. The number of nitrogens with zero attached hydrogens (tertiary/aromatic N) is 2. The van der Waals surface area contributed by atoms with E-state index in [0.717, 1.165) is 37.3 Å². The van der Waals surface area contributed by atoms with Crippen LogP contribution >= 0.6 is 0 Å². The molecule has 1 saturated heterocycles. The highest BCUT2D eigenvalue weighted by Crippen LogP contribution is 2.14. The quantitative estimate of drug-likeness (QED) is 0.614. The monoisotopic (exact) mass is 278 g/mol. The molecule has 0 bridgehead atoms. The van der Waals surface area contributed by atoms with E-state index >= 15 is 0 Å². The first-order valence-corrected chi connectivity index (χ1v) is 7.58. The third-order valence-electron chi connectivity index (χ3n) is 3.69. The molecule has 1 aromatic heterocycles. The van der Waals surface area contributed by atoms with Crippen molar-refractivity contribution in [3.05, 3.63) is 24.2 Å². The van der Waals surface area contributed by atoms with Crippen molar-refractivity contribution in [3.63, 3.8) is 0 Å². The molecular weight excluding hydrogens is 252 g/mol. The standard InChI is InChI=1S/C15H26N4O/c1-3-16-15(18-11-14-6-5-9-20-14)17-10-13-7-8-19(4-2)12-13/h5-6,9,13H,3-4,7-8,10-12H2,1-2H3,(H2,16,17,18). The second kappa shape index (κ2) is 7.94. The maximum atomic E-state index is 5.30.